The molecule has 1 atom stereocenters. The quantitative estimate of drug-likeness (QED) is 0.905. The average molecular weight is 335 g/mol. The van der Waals surface area contributed by atoms with E-state index in [4.69, 9.17) is 0 Å². The maximum atomic E-state index is 11.2. The van der Waals surface area contributed by atoms with Crippen LogP contribution in [0.4, 0.5) is 0 Å². The van der Waals surface area contributed by atoms with Gasteiger partial charge in [0.2, 0.25) is 0 Å². The molecular weight excluding hydrogens is 314 g/mol. The molecule has 0 spiro atoms. The van der Waals surface area contributed by atoms with Gasteiger partial charge in [-0.2, -0.15) is 0 Å². The molecule has 5 heteroatoms. The molecule has 0 saturated carbocycles. The van der Waals surface area contributed by atoms with Gasteiger partial charge in [0.05, 0.1) is 12.0 Å². The van der Waals surface area contributed by atoms with Gasteiger partial charge in [0.25, 0.3) is 0 Å². The van der Waals surface area contributed by atoms with Crippen LogP contribution in [0, 0.1) is 19.8 Å². The highest BCUT2D eigenvalue weighted by atomic mass is 32.1. The van der Waals surface area contributed by atoms with Crippen LogP contribution < -0.4 is 0 Å². The van der Waals surface area contributed by atoms with Crippen molar-refractivity contribution >= 4 is 28.6 Å². The molecule has 0 bridgehead atoms. The predicted octanol–water partition coefficient (Wildman–Crippen LogP) is 4.31. The first kappa shape index (κ1) is 15.7. The average Bonchev–Trinajstić information content (AvgIpc) is 3.10. The molecule has 2 aromatic rings. The van der Waals surface area contributed by atoms with Crippen LogP contribution in [-0.4, -0.2) is 29.1 Å². The Kier molecular flexibility index (Phi) is 4.66. The maximum absolute atomic E-state index is 11.2. The minimum absolute atomic E-state index is 0.175. The number of hydrogen-bond acceptors (Lipinski definition) is 4. The molecule has 0 amide bonds. The predicted molar refractivity (Wildman–Crippen MR) is 91.9 cm³/mol. The molecule has 0 radical (unpaired) electrons. The molecule has 1 saturated heterocycles. The number of aryl methyl sites for hydroxylation is 2. The first-order valence-corrected chi connectivity index (χ1v) is 9.33. The van der Waals surface area contributed by atoms with Gasteiger partial charge in [-0.3, -0.25) is 9.69 Å². The van der Waals surface area contributed by atoms with Crippen molar-refractivity contribution in [2.24, 2.45) is 5.92 Å². The van der Waals surface area contributed by atoms with Crippen molar-refractivity contribution in [3.8, 4) is 0 Å². The van der Waals surface area contributed by atoms with Crippen molar-refractivity contribution in [2.75, 3.05) is 13.1 Å². The summed E-state index contributed by atoms with van der Waals surface area (Å²) in [6.45, 7) is 6.03. The number of carboxylic acid groups (broad SMARTS) is 1. The molecule has 1 N–H and O–H groups in total. The van der Waals surface area contributed by atoms with Gasteiger partial charge in [-0.25, -0.2) is 0 Å². The molecule has 1 unspecified atom stereocenters. The summed E-state index contributed by atoms with van der Waals surface area (Å²) < 4.78 is 0. The number of thiophene rings is 2. The summed E-state index contributed by atoms with van der Waals surface area (Å²) >= 11 is 3.66. The molecule has 1 fully saturated rings. The summed E-state index contributed by atoms with van der Waals surface area (Å²) in [5.41, 5.74) is 1.33. The van der Waals surface area contributed by atoms with Crippen LogP contribution in [0.3, 0.4) is 0 Å². The van der Waals surface area contributed by atoms with Crippen molar-refractivity contribution in [3.63, 3.8) is 0 Å². The third kappa shape index (κ3) is 3.12. The van der Waals surface area contributed by atoms with E-state index in [0.717, 1.165) is 25.9 Å². The smallest absolute Gasteiger partial charge is 0.306 e. The fourth-order valence-electron chi connectivity index (χ4n) is 3.14. The van der Waals surface area contributed by atoms with E-state index in [2.05, 4.69) is 42.3 Å². The van der Waals surface area contributed by atoms with E-state index in [1.54, 1.807) is 0 Å². The lowest BCUT2D eigenvalue weighted by Crippen LogP contribution is -2.38. The topological polar surface area (TPSA) is 40.5 Å². The van der Waals surface area contributed by atoms with E-state index in [-0.39, 0.29) is 12.0 Å². The van der Waals surface area contributed by atoms with Crippen molar-refractivity contribution in [1.82, 2.24) is 4.90 Å². The number of aliphatic carboxylic acids is 1. The van der Waals surface area contributed by atoms with Gasteiger partial charge in [0.15, 0.2) is 0 Å². The lowest BCUT2D eigenvalue weighted by Gasteiger charge is -2.36. The normalized spacial score (nSPS) is 18.5. The van der Waals surface area contributed by atoms with Gasteiger partial charge in [-0.15, -0.1) is 22.7 Å². The van der Waals surface area contributed by atoms with Crippen molar-refractivity contribution in [1.29, 1.82) is 0 Å². The zero-order valence-corrected chi connectivity index (χ0v) is 14.5. The highest BCUT2D eigenvalue weighted by Crippen LogP contribution is 2.39. The number of carboxylic acids is 1. The maximum Gasteiger partial charge on any atom is 0.306 e. The third-order valence-electron chi connectivity index (χ3n) is 4.42. The Morgan fingerprint density at radius 3 is 2.50 bits per heavy atom. The second-order valence-corrected chi connectivity index (χ2v) is 8.23. The molecule has 22 heavy (non-hydrogen) atoms. The van der Waals surface area contributed by atoms with E-state index in [9.17, 15) is 9.90 Å². The number of piperidine rings is 1. The Morgan fingerprint density at radius 2 is 2.00 bits per heavy atom. The second kappa shape index (κ2) is 6.52. The lowest BCUT2D eigenvalue weighted by atomic mass is 9.95. The minimum Gasteiger partial charge on any atom is -0.481 e. The molecule has 1 aliphatic heterocycles. The molecular formula is C17H21NO2S2. The highest BCUT2D eigenvalue weighted by Gasteiger charge is 2.31. The molecule has 1 aliphatic rings. The SMILES string of the molecule is Cc1ccc(C(c2sccc2C)N2CCC(C(=O)O)CC2)s1. The van der Waals surface area contributed by atoms with Crippen LogP contribution in [-0.2, 0) is 4.79 Å². The molecule has 3 heterocycles. The number of carbonyl (C=O) groups is 1. The monoisotopic (exact) mass is 335 g/mol. The Labute approximate surface area is 139 Å². The van der Waals surface area contributed by atoms with E-state index < -0.39 is 5.97 Å². The zero-order chi connectivity index (χ0) is 15.7. The Hall–Kier alpha value is -1.17. The standard InChI is InChI=1S/C17H21NO2S2/c1-11-7-10-21-16(11)15(14-4-3-12(2)22-14)18-8-5-13(6-9-18)17(19)20/h3-4,7,10,13,15H,5-6,8-9H2,1-2H3,(H,19,20). The molecule has 3 rings (SSSR count). The van der Waals surface area contributed by atoms with Gasteiger partial charge in [-0.1, -0.05) is 0 Å². The van der Waals surface area contributed by atoms with Gasteiger partial charge >= 0.3 is 5.97 Å². The van der Waals surface area contributed by atoms with Crippen LogP contribution in [0.5, 0.6) is 0 Å². The first-order valence-electron chi connectivity index (χ1n) is 7.63. The van der Waals surface area contributed by atoms with E-state index in [0.29, 0.717) is 0 Å². The Balaban J connectivity index is 1.87. The Bertz CT molecular complexity index is 653. The summed E-state index contributed by atoms with van der Waals surface area (Å²) in [5, 5.41) is 11.4. The van der Waals surface area contributed by atoms with Crippen LogP contribution in [0.15, 0.2) is 23.6 Å². The summed E-state index contributed by atoms with van der Waals surface area (Å²) in [5.74, 6) is -0.818. The zero-order valence-electron chi connectivity index (χ0n) is 12.9. The highest BCUT2D eigenvalue weighted by molar-refractivity contribution is 7.13. The first-order chi connectivity index (χ1) is 10.6. The van der Waals surface area contributed by atoms with E-state index in [1.807, 2.05) is 22.7 Å². The molecule has 0 aliphatic carbocycles. The van der Waals surface area contributed by atoms with Gasteiger partial charge < -0.3 is 5.11 Å². The molecule has 118 valence electrons. The van der Waals surface area contributed by atoms with Crippen LogP contribution >= 0.6 is 22.7 Å². The van der Waals surface area contributed by atoms with Gasteiger partial charge in [-0.05, 0) is 68.9 Å². The Morgan fingerprint density at radius 1 is 1.27 bits per heavy atom. The fraction of sp³-hybridized carbons (Fsp3) is 0.471. The molecule has 0 aromatic carbocycles. The van der Waals surface area contributed by atoms with Gasteiger partial charge in [0.1, 0.15) is 0 Å². The number of nitrogens with zero attached hydrogens (tertiary/aromatic N) is 1. The summed E-state index contributed by atoms with van der Waals surface area (Å²) in [4.78, 5) is 17.7. The molecule has 3 nitrogen and oxygen atoms in total. The fourth-order valence-corrected chi connectivity index (χ4v) is 5.32. The van der Waals surface area contributed by atoms with Crippen LogP contribution in [0.25, 0.3) is 0 Å². The number of likely N-dealkylation sites (tertiary alicyclic amines) is 1. The summed E-state index contributed by atoms with van der Waals surface area (Å²) in [6, 6.07) is 6.87. The van der Waals surface area contributed by atoms with E-state index in [1.165, 1.54) is 20.2 Å². The van der Waals surface area contributed by atoms with Gasteiger partial charge in [0, 0.05) is 14.6 Å². The van der Waals surface area contributed by atoms with Crippen LogP contribution in [0.1, 0.15) is 39.1 Å². The van der Waals surface area contributed by atoms with E-state index >= 15 is 0 Å². The summed E-state index contributed by atoms with van der Waals surface area (Å²) in [6.07, 6.45) is 1.50. The second-order valence-electron chi connectivity index (χ2n) is 5.97. The molecule has 2 aromatic heterocycles. The van der Waals surface area contributed by atoms with Crippen molar-refractivity contribution in [3.05, 3.63) is 43.8 Å². The van der Waals surface area contributed by atoms with Crippen molar-refractivity contribution < 1.29 is 9.90 Å². The van der Waals surface area contributed by atoms with Crippen LogP contribution in [0.2, 0.25) is 0 Å². The third-order valence-corrected chi connectivity index (χ3v) is 6.55. The summed E-state index contributed by atoms with van der Waals surface area (Å²) in [7, 11) is 0. The van der Waals surface area contributed by atoms with Crippen molar-refractivity contribution in [2.45, 2.75) is 32.7 Å². The minimum atomic E-state index is -0.643. The number of hydrogen-bond donors (Lipinski definition) is 1. The number of rotatable bonds is 4. The largest absolute Gasteiger partial charge is 0.481 e. The lowest BCUT2D eigenvalue weighted by molar-refractivity contribution is -0.143.